The van der Waals surface area contributed by atoms with Crippen molar-refractivity contribution in [1.29, 1.82) is 0 Å². The van der Waals surface area contributed by atoms with E-state index in [0.717, 1.165) is 30.1 Å². The molecule has 2 aromatic heterocycles. The van der Waals surface area contributed by atoms with Crippen molar-refractivity contribution >= 4 is 42.1 Å². The molecule has 3 aromatic rings. The maximum atomic E-state index is 13.1. The second kappa shape index (κ2) is 10.5. The summed E-state index contributed by atoms with van der Waals surface area (Å²) in [6, 6.07) is 14.1. The van der Waals surface area contributed by atoms with Crippen molar-refractivity contribution in [3.8, 4) is 0 Å². The first-order valence-electron chi connectivity index (χ1n) is 8.71. The Morgan fingerprint density at radius 2 is 2.00 bits per heavy atom. The molecule has 0 radical (unpaired) electrons. The number of halogens is 2. The first-order chi connectivity index (χ1) is 12.8. The number of nitrogens with one attached hydrogen (secondary N) is 1. The van der Waals surface area contributed by atoms with E-state index in [0.29, 0.717) is 12.2 Å². The molecular formula is C20H22Cl2N4OS. The quantitative estimate of drug-likeness (QED) is 0.676. The smallest absolute Gasteiger partial charge is 0.273 e. The fraction of sp³-hybridized carbons (Fsp3) is 0.250. The SMILES string of the molecule is Cl.Cl.O=C(c1csc(Cc2ccccc2)n1)N1CCNCC1c1cccnc1. The average Bonchev–Trinajstić information content (AvgIpc) is 3.17. The van der Waals surface area contributed by atoms with E-state index < -0.39 is 0 Å². The summed E-state index contributed by atoms with van der Waals surface area (Å²) in [6.07, 6.45) is 4.34. The van der Waals surface area contributed by atoms with Gasteiger partial charge in [0.2, 0.25) is 0 Å². The standard InChI is InChI=1S/C20H20N4OS.2ClH/c25-20(17-14-26-19(23-17)11-15-5-2-1-3-6-15)24-10-9-22-13-18(24)16-7-4-8-21-12-16;;/h1-8,12,14,18,22H,9-11,13H2;2*1H. The lowest BCUT2D eigenvalue weighted by Crippen LogP contribution is -2.48. The minimum atomic E-state index is -0.00998. The normalized spacial score (nSPS) is 16.0. The van der Waals surface area contributed by atoms with E-state index in [9.17, 15) is 4.79 Å². The number of thiazole rings is 1. The minimum Gasteiger partial charge on any atom is -0.328 e. The molecule has 1 aliphatic rings. The number of aromatic nitrogens is 2. The van der Waals surface area contributed by atoms with Crippen LogP contribution in [0.15, 0.2) is 60.2 Å². The summed E-state index contributed by atoms with van der Waals surface area (Å²) in [5, 5.41) is 6.21. The predicted molar refractivity (Wildman–Crippen MR) is 117 cm³/mol. The summed E-state index contributed by atoms with van der Waals surface area (Å²) in [5.74, 6) is -0.00378. The Morgan fingerprint density at radius 3 is 2.75 bits per heavy atom. The molecular weight excluding hydrogens is 415 g/mol. The Bertz CT molecular complexity index is 876. The van der Waals surface area contributed by atoms with Crippen LogP contribution in [0.2, 0.25) is 0 Å². The zero-order valence-corrected chi connectivity index (χ0v) is 17.6. The maximum absolute atomic E-state index is 13.1. The molecule has 8 heteroatoms. The van der Waals surface area contributed by atoms with Crippen LogP contribution in [0.25, 0.3) is 0 Å². The zero-order valence-electron chi connectivity index (χ0n) is 15.2. The van der Waals surface area contributed by atoms with Crippen LogP contribution in [0.4, 0.5) is 0 Å². The van der Waals surface area contributed by atoms with Crippen LogP contribution in [-0.4, -0.2) is 40.4 Å². The van der Waals surface area contributed by atoms with E-state index in [1.807, 2.05) is 46.8 Å². The van der Waals surface area contributed by atoms with Crippen LogP contribution >= 0.6 is 36.2 Å². The number of nitrogens with zero attached hydrogens (tertiary/aromatic N) is 3. The van der Waals surface area contributed by atoms with Gasteiger partial charge in [-0.2, -0.15) is 0 Å². The number of piperazine rings is 1. The van der Waals surface area contributed by atoms with Gasteiger partial charge in [0.05, 0.1) is 11.0 Å². The van der Waals surface area contributed by atoms with Gasteiger partial charge in [-0.05, 0) is 17.2 Å². The van der Waals surface area contributed by atoms with E-state index in [-0.39, 0.29) is 36.8 Å². The molecule has 5 nitrogen and oxygen atoms in total. The summed E-state index contributed by atoms with van der Waals surface area (Å²) in [4.78, 5) is 23.8. The molecule has 1 N–H and O–H groups in total. The highest BCUT2D eigenvalue weighted by atomic mass is 35.5. The molecule has 1 aliphatic heterocycles. The molecule has 1 fully saturated rings. The van der Waals surface area contributed by atoms with Crippen LogP contribution in [0.3, 0.4) is 0 Å². The summed E-state index contributed by atoms with van der Waals surface area (Å²) in [7, 11) is 0. The molecule has 3 heterocycles. The summed E-state index contributed by atoms with van der Waals surface area (Å²) in [5.41, 5.74) is 2.79. The van der Waals surface area contributed by atoms with Gasteiger partial charge in [-0.1, -0.05) is 36.4 Å². The molecule has 1 aromatic carbocycles. The van der Waals surface area contributed by atoms with Crippen molar-refractivity contribution < 1.29 is 4.79 Å². The number of carbonyl (C=O) groups is 1. The van der Waals surface area contributed by atoms with Crippen molar-refractivity contribution in [3.63, 3.8) is 0 Å². The Morgan fingerprint density at radius 1 is 1.18 bits per heavy atom. The van der Waals surface area contributed by atoms with Crippen molar-refractivity contribution in [2.75, 3.05) is 19.6 Å². The first-order valence-corrected chi connectivity index (χ1v) is 9.59. The topological polar surface area (TPSA) is 58.1 Å². The van der Waals surface area contributed by atoms with Gasteiger partial charge in [0.25, 0.3) is 5.91 Å². The second-order valence-corrected chi connectivity index (χ2v) is 7.24. The zero-order chi connectivity index (χ0) is 17.8. The molecule has 0 saturated carbocycles. The molecule has 1 unspecified atom stereocenters. The van der Waals surface area contributed by atoms with E-state index in [1.165, 1.54) is 5.56 Å². The number of pyridine rings is 1. The maximum Gasteiger partial charge on any atom is 0.273 e. The fourth-order valence-corrected chi connectivity index (χ4v) is 4.03. The minimum absolute atomic E-state index is 0. The van der Waals surface area contributed by atoms with Crippen LogP contribution in [0.5, 0.6) is 0 Å². The van der Waals surface area contributed by atoms with Crippen LogP contribution in [-0.2, 0) is 6.42 Å². The second-order valence-electron chi connectivity index (χ2n) is 6.29. The van der Waals surface area contributed by atoms with Gasteiger partial charge in [-0.15, -0.1) is 36.2 Å². The number of benzene rings is 1. The van der Waals surface area contributed by atoms with Gasteiger partial charge in [0, 0.05) is 43.8 Å². The Labute approximate surface area is 181 Å². The molecule has 1 amide bonds. The van der Waals surface area contributed by atoms with Gasteiger partial charge in [-0.3, -0.25) is 9.78 Å². The molecule has 148 valence electrons. The number of amides is 1. The highest BCUT2D eigenvalue weighted by molar-refractivity contribution is 7.09. The van der Waals surface area contributed by atoms with Gasteiger partial charge in [-0.25, -0.2) is 4.98 Å². The number of hydrogen-bond donors (Lipinski definition) is 1. The van der Waals surface area contributed by atoms with Gasteiger partial charge < -0.3 is 10.2 Å². The van der Waals surface area contributed by atoms with E-state index in [1.54, 1.807) is 17.5 Å². The number of carbonyl (C=O) groups excluding carboxylic acids is 1. The van der Waals surface area contributed by atoms with Gasteiger partial charge in [0.1, 0.15) is 5.69 Å². The number of rotatable bonds is 4. The lowest BCUT2D eigenvalue weighted by atomic mass is 10.0. The third-order valence-corrected chi connectivity index (χ3v) is 5.39. The highest BCUT2D eigenvalue weighted by Crippen LogP contribution is 2.24. The lowest BCUT2D eigenvalue weighted by Gasteiger charge is -2.36. The van der Waals surface area contributed by atoms with Crippen molar-refractivity contribution in [1.82, 2.24) is 20.2 Å². The molecule has 28 heavy (non-hydrogen) atoms. The lowest BCUT2D eigenvalue weighted by molar-refractivity contribution is 0.0628. The summed E-state index contributed by atoms with van der Waals surface area (Å²) >= 11 is 1.55. The van der Waals surface area contributed by atoms with E-state index in [4.69, 9.17) is 0 Å². The molecule has 0 spiro atoms. The van der Waals surface area contributed by atoms with Crippen molar-refractivity contribution in [3.05, 3.63) is 82.1 Å². The van der Waals surface area contributed by atoms with Crippen LogP contribution in [0, 0.1) is 0 Å². The third kappa shape index (κ3) is 5.08. The van der Waals surface area contributed by atoms with E-state index >= 15 is 0 Å². The Kier molecular flexibility index (Phi) is 8.38. The number of hydrogen-bond acceptors (Lipinski definition) is 5. The van der Waals surface area contributed by atoms with Gasteiger partial charge in [0.15, 0.2) is 0 Å². The Balaban J connectivity index is 0.00000140. The fourth-order valence-electron chi connectivity index (χ4n) is 3.23. The largest absolute Gasteiger partial charge is 0.328 e. The first kappa shape index (κ1) is 22.3. The van der Waals surface area contributed by atoms with Crippen molar-refractivity contribution in [2.24, 2.45) is 0 Å². The van der Waals surface area contributed by atoms with Crippen LogP contribution in [0.1, 0.15) is 32.7 Å². The molecule has 0 aliphatic carbocycles. The Hall–Kier alpha value is -1.99. The average molecular weight is 437 g/mol. The predicted octanol–water partition coefficient (Wildman–Crippen LogP) is 3.76. The van der Waals surface area contributed by atoms with Crippen LogP contribution < -0.4 is 5.32 Å². The van der Waals surface area contributed by atoms with E-state index in [2.05, 4.69) is 27.4 Å². The molecule has 1 atom stereocenters. The van der Waals surface area contributed by atoms with Gasteiger partial charge >= 0.3 is 0 Å². The molecule has 4 rings (SSSR count). The third-order valence-electron chi connectivity index (χ3n) is 4.54. The molecule has 0 bridgehead atoms. The highest BCUT2D eigenvalue weighted by Gasteiger charge is 2.29. The molecule has 1 saturated heterocycles. The van der Waals surface area contributed by atoms with Crippen molar-refractivity contribution in [2.45, 2.75) is 12.5 Å². The summed E-state index contributed by atoms with van der Waals surface area (Å²) in [6.45, 7) is 2.20. The monoisotopic (exact) mass is 436 g/mol. The summed E-state index contributed by atoms with van der Waals surface area (Å²) < 4.78 is 0.